The lowest BCUT2D eigenvalue weighted by molar-refractivity contribution is -0.304. The van der Waals surface area contributed by atoms with Crippen LogP contribution in [-0.4, -0.2) is 173 Å². The molecule has 3 aromatic carbocycles. The van der Waals surface area contributed by atoms with E-state index in [1.165, 1.54) is 78.5 Å². The van der Waals surface area contributed by atoms with Crippen molar-refractivity contribution in [1.29, 1.82) is 0 Å². The van der Waals surface area contributed by atoms with Crippen molar-refractivity contribution in [2.75, 3.05) is 37.3 Å². The number of aliphatic hydroxyl groups is 3. The van der Waals surface area contributed by atoms with Crippen molar-refractivity contribution >= 4 is 86.0 Å². The number of fused-ring (bicyclic) bond motifs is 3. The number of amides is 6. The topological polar surface area (TPSA) is 519 Å². The number of aromatic hydroxyl groups is 2. The lowest BCUT2D eigenvalue weighted by atomic mass is 9.89. The zero-order chi connectivity index (χ0) is 72.2. The maximum atomic E-state index is 12.3. The third-order valence-corrected chi connectivity index (χ3v) is 15.4. The number of rotatable bonds is 15. The molecular formula is C62H76N6O29. The molecule has 97 heavy (non-hydrogen) atoms. The Kier molecular flexibility index (Phi) is 22.8. The summed E-state index contributed by atoms with van der Waals surface area (Å²) in [5, 5.41) is 60.7. The summed E-state index contributed by atoms with van der Waals surface area (Å²) in [6, 6.07) is 11.7. The minimum absolute atomic E-state index is 0.00775. The number of primary amides is 3. The molecule has 0 radical (unpaired) electrons. The molecule has 12 atom stereocenters. The third kappa shape index (κ3) is 16.5. The van der Waals surface area contributed by atoms with Gasteiger partial charge in [-0.15, -0.1) is 0 Å². The fourth-order valence-electron chi connectivity index (χ4n) is 11.2. The molecule has 3 aliphatic heterocycles. The van der Waals surface area contributed by atoms with Crippen LogP contribution < -0.4 is 64.2 Å². The Morgan fingerprint density at radius 3 is 1.27 bits per heavy atom. The summed E-state index contributed by atoms with van der Waals surface area (Å²) in [4.78, 5) is 104. The van der Waals surface area contributed by atoms with Crippen LogP contribution in [0.1, 0.15) is 73.4 Å². The van der Waals surface area contributed by atoms with Gasteiger partial charge in [-0.25, -0.2) is 28.8 Å². The van der Waals surface area contributed by atoms with E-state index in [4.69, 9.17) is 87.3 Å². The summed E-state index contributed by atoms with van der Waals surface area (Å²) in [5.41, 5.74) is 9.90. The average molecular weight is 1370 g/mol. The number of carbonyl (C=O) groups is 6. The number of aliphatic hydroxyl groups excluding tert-OH is 3. The summed E-state index contributed by atoms with van der Waals surface area (Å²) in [7, 11) is 4.14. The second kappa shape index (κ2) is 29.6. The summed E-state index contributed by atoms with van der Waals surface area (Å²) in [6.45, 7) is 16.9. The number of nitrogens with one attached hydrogen (secondary N) is 3. The SMILES string of the molecule is CO[C@@H]1[C@H](OC(N)=O)[C@H](O)C(Oc2ccc3c(O)c(NC(C)=O)c(=O)oc3c2)OC1(C)C.CO[C@@H]1[C@H](OC(N)=O)[C@H](O)C(Oc2ccc3c(O)c(NC(C)=O)c(=O)oc3c2C)OC1(C)C.CO[C@@H]1[C@H](OC(N)=O)[C@H](O)C(Oc2ccc3cc(NC(C)=O)c(=O)oc3c2C)OC1(C)C. The fourth-order valence-corrected chi connectivity index (χ4v) is 11.2. The van der Waals surface area contributed by atoms with Crippen molar-refractivity contribution in [1.82, 2.24) is 0 Å². The molecule has 9 rings (SSSR count). The Morgan fingerprint density at radius 1 is 0.485 bits per heavy atom. The number of anilines is 3. The van der Waals surface area contributed by atoms with Crippen molar-refractivity contribution < 1.29 is 124 Å². The van der Waals surface area contributed by atoms with Gasteiger partial charge in [0.2, 0.25) is 36.6 Å². The number of benzene rings is 3. The van der Waals surface area contributed by atoms with Crippen LogP contribution in [0.3, 0.4) is 0 Å². The van der Waals surface area contributed by atoms with Crippen molar-refractivity contribution in [3.63, 3.8) is 0 Å². The zero-order valence-electron chi connectivity index (χ0n) is 54.8. The molecule has 3 aliphatic rings. The number of ether oxygens (including phenoxy) is 12. The Hall–Kier alpha value is -9.85. The first-order valence-electron chi connectivity index (χ1n) is 29.3. The maximum Gasteiger partial charge on any atom is 0.404 e. The molecule has 3 fully saturated rings. The van der Waals surface area contributed by atoms with Crippen molar-refractivity contribution in [3.05, 3.63) is 90.9 Å². The van der Waals surface area contributed by atoms with Crippen LogP contribution in [0.15, 0.2) is 76.2 Å². The van der Waals surface area contributed by atoms with Gasteiger partial charge in [0, 0.05) is 64.7 Å². The first-order chi connectivity index (χ1) is 45.2. The molecule has 35 nitrogen and oxygen atoms in total. The number of aryl methyl sites for hydroxylation is 2. The van der Waals surface area contributed by atoms with E-state index < -0.39 is 155 Å². The predicted molar refractivity (Wildman–Crippen MR) is 336 cm³/mol. The Bertz CT molecular complexity index is 4170. The minimum atomic E-state index is -1.48. The molecule has 0 spiro atoms. The van der Waals surface area contributed by atoms with Gasteiger partial charge in [-0.05, 0) is 97.9 Å². The van der Waals surface area contributed by atoms with Crippen molar-refractivity contribution in [2.24, 2.45) is 17.2 Å². The zero-order valence-corrected chi connectivity index (χ0v) is 54.8. The Morgan fingerprint density at radius 2 is 0.856 bits per heavy atom. The molecule has 6 aromatic rings. The van der Waals surface area contributed by atoms with Gasteiger partial charge in [0.05, 0.1) is 27.6 Å². The Labute approximate surface area is 549 Å². The van der Waals surface area contributed by atoms with Crippen LogP contribution in [0.2, 0.25) is 0 Å². The van der Waals surface area contributed by atoms with Crippen LogP contribution in [0.5, 0.6) is 28.7 Å². The highest BCUT2D eigenvalue weighted by Crippen LogP contribution is 2.41. The second-order valence-electron chi connectivity index (χ2n) is 23.8. The molecule has 3 unspecified atom stereocenters. The smallest absolute Gasteiger partial charge is 0.404 e. The summed E-state index contributed by atoms with van der Waals surface area (Å²) >= 11 is 0. The van der Waals surface area contributed by atoms with Gasteiger partial charge in [0.1, 0.15) is 58.0 Å². The minimum Gasteiger partial charge on any atom is -0.505 e. The maximum absolute atomic E-state index is 12.3. The Balaban J connectivity index is 0.000000205. The van der Waals surface area contributed by atoms with Gasteiger partial charge in [0.25, 0.3) is 0 Å². The fraction of sp³-hybridized carbons (Fsp3) is 0.468. The van der Waals surface area contributed by atoms with Crippen LogP contribution in [0.25, 0.3) is 32.9 Å². The lowest BCUT2D eigenvalue weighted by Gasteiger charge is -2.47. The lowest BCUT2D eigenvalue weighted by Crippen LogP contribution is -2.65. The number of hydrogen-bond donors (Lipinski definition) is 11. The molecule has 0 aliphatic carbocycles. The average Bonchev–Trinajstić information content (AvgIpc) is 0.782. The molecule has 0 bridgehead atoms. The van der Waals surface area contributed by atoms with E-state index in [2.05, 4.69) is 16.0 Å². The molecule has 6 heterocycles. The van der Waals surface area contributed by atoms with E-state index in [1.807, 2.05) is 0 Å². The van der Waals surface area contributed by atoms with Gasteiger partial charge in [-0.1, -0.05) is 0 Å². The number of methoxy groups -OCH3 is 3. The van der Waals surface area contributed by atoms with Gasteiger partial charge < -0.3 is 129 Å². The first-order valence-corrected chi connectivity index (χ1v) is 29.3. The highest BCUT2D eigenvalue weighted by atomic mass is 16.7. The predicted octanol–water partition coefficient (Wildman–Crippen LogP) is 3.34. The number of carbonyl (C=O) groups excluding carboxylic acids is 6. The van der Waals surface area contributed by atoms with Crippen molar-refractivity contribution in [3.8, 4) is 28.7 Å². The monoisotopic (exact) mass is 1370 g/mol. The number of hydrogen-bond acceptors (Lipinski definition) is 29. The van der Waals surface area contributed by atoms with Crippen LogP contribution in [0, 0.1) is 13.8 Å². The van der Waals surface area contributed by atoms with Gasteiger partial charge >= 0.3 is 35.2 Å². The van der Waals surface area contributed by atoms with E-state index in [0.717, 1.165) is 0 Å². The van der Waals surface area contributed by atoms with Crippen molar-refractivity contribution in [2.45, 2.75) is 167 Å². The van der Waals surface area contributed by atoms with Crippen LogP contribution >= 0.6 is 0 Å². The summed E-state index contributed by atoms with van der Waals surface area (Å²) in [6.07, 6.45) is -17.6. The summed E-state index contributed by atoms with van der Waals surface area (Å²) in [5.74, 6) is -1.90. The second-order valence-corrected chi connectivity index (χ2v) is 23.8. The van der Waals surface area contributed by atoms with E-state index in [9.17, 15) is 68.7 Å². The van der Waals surface area contributed by atoms with E-state index in [1.54, 1.807) is 67.5 Å². The van der Waals surface area contributed by atoms with E-state index in [-0.39, 0.29) is 61.8 Å². The first kappa shape index (κ1) is 74.5. The quantitative estimate of drug-likeness (QED) is 0.0519. The van der Waals surface area contributed by atoms with Gasteiger partial charge in [-0.3, -0.25) is 14.4 Å². The highest BCUT2D eigenvalue weighted by Gasteiger charge is 2.56. The van der Waals surface area contributed by atoms with Crippen LogP contribution in [0.4, 0.5) is 31.4 Å². The number of nitrogens with two attached hydrogens (primary N) is 3. The normalized spacial score (nSPS) is 24.5. The largest absolute Gasteiger partial charge is 0.505 e. The third-order valence-electron chi connectivity index (χ3n) is 15.4. The van der Waals surface area contributed by atoms with Gasteiger partial charge in [-0.2, -0.15) is 0 Å². The summed E-state index contributed by atoms with van der Waals surface area (Å²) < 4.78 is 82.1. The van der Waals surface area contributed by atoms with E-state index >= 15 is 0 Å². The molecule has 3 aromatic heterocycles. The molecule has 3 saturated heterocycles. The molecule has 14 N–H and O–H groups in total. The van der Waals surface area contributed by atoms with E-state index in [0.29, 0.717) is 16.5 Å². The highest BCUT2D eigenvalue weighted by molar-refractivity contribution is 5.98. The molecule has 528 valence electrons. The standard InChI is InChI=1S/C21H26N2O10.C21H26N2O9.C20H24N2O10/c1-8-11(7-6-10-13(25)12(23-9(2)24)18(27)31-15(8)10)30-19-14(26)16(32-20(22)28)17(29-5)21(3,4)33-19;1-9-13(7-6-11-8-12(23-10(2)24)18(26)30-15(9)11)29-19-14(25)16(31-20(22)27)17(28-5)21(3,4)32-19;1-8(23)22-12-13(24)10-6-5-9(7-11(10)30-17(12)26)29-18-14(25)15(31-19(21)27)16(28-4)20(2,3)32-18/h6-7,14,16-17,19,25-26H,1-5H3,(H2,22,28)(H,23,24);6-8,14,16-17,19,25H,1-5H3,(H2,22,27)(H,23,24);5-7,14-16,18,24-25H,1-4H3,(H2,21,27)(H,22,23)/t2*14-,16+,17+,19?;14-,15+,16+,18?/m000/s1. The molecule has 35 heteroatoms. The van der Waals surface area contributed by atoms with Crippen LogP contribution in [-0.2, 0) is 57.0 Å². The van der Waals surface area contributed by atoms with Gasteiger partial charge in [0.15, 0.2) is 59.5 Å². The molecule has 6 amide bonds. The molecule has 0 saturated carbocycles. The molecular weight excluding hydrogens is 1290 g/mol.